The van der Waals surface area contributed by atoms with E-state index in [9.17, 15) is 0 Å². The molecule has 0 atom stereocenters. The Morgan fingerprint density at radius 3 is 2.70 bits per heavy atom. The number of hydrogen-bond donors (Lipinski definition) is 1. The van der Waals surface area contributed by atoms with Crippen molar-refractivity contribution in [3.8, 4) is 28.3 Å². The molecule has 0 aliphatic rings. The molecule has 1 aromatic carbocycles. The number of ether oxygens (including phenoxy) is 1. The van der Waals surface area contributed by atoms with Crippen LogP contribution >= 0.6 is 0 Å². The normalized spacial score (nSPS) is 11.9. The predicted octanol–water partition coefficient (Wildman–Crippen LogP) is 4.16. The van der Waals surface area contributed by atoms with Crippen LogP contribution < -0.4 is 10.5 Å². The Bertz CT molecular complexity index is 1280. The van der Waals surface area contributed by atoms with Crippen molar-refractivity contribution in [2.75, 3.05) is 7.11 Å². The highest BCUT2D eigenvalue weighted by Gasteiger charge is 2.21. The summed E-state index contributed by atoms with van der Waals surface area (Å²) in [7, 11) is 1.63. The van der Waals surface area contributed by atoms with Crippen LogP contribution in [-0.4, -0.2) is 32.9 Å². The van der Waals surface area contributed by atoms with E-state index in [1.165, 1.54) is 12.6 Å². The number of nitrogens with zero attached hydrogens (tertiary/aromatic N) is 5. The molecule has 3 heterocycles. The maximum Gasteiger partial charge on any atom is 0.181 e. The molecule has 152 valence electrons. The second-order valence-corrected chi connectivity index (χ2v) is 6.79. The van der Waals surface area contributed by atoms with Crippen LogP contribution in [0.15, 0.2) is 52.3 Å². The Hall–Kier alpha value is -3.94. The average molecular weight is 402 g/mol. The minimum atomic E-state index is 0.671. The van der Waals surface area contributed by atoms with Crippen LogP contribution in [0.5, 0.6) is 5.75 Å². The van der Waals surface area contributed by atoms with Gasteiger partial charge in [0.2, 0.25) is 0 Å². The minimum absolute atomic E-state index is 0.671. The largest absolute Gasteiger partial charge is 0.496 e. The zero-order valence-corrected chi connectivity index (χ0v) is 17.2. The van der Waals surface area contributed by atoms with Gasteiger partial charge in [0.15, 0.2) is 17.8 Å². The first-order valence-corrected chi connectivity index (χ1v) is 9.40. The van der Waals surface area contributed by atoms with E-state index in [2.05, 4.69) is 9.98 Å². The van der Waals surface area contributed by atoms with Gasteiger partial charge in [0.1, 0.15) is 11.4 Å². The van der Waals surface area contributed by atoms with Crippen LogP contribution in [0, 0.1) is 20.8 Å². The van der Waals surface area contributed by atoms with Gasteiger partial charge in [-0.3, -0.25) is 4.99 Å². The van der Waals surface area contributed by atoms with Gasteiger partial charge in [-0.25, -0.2) is 14.5 Å². The van der Waals surface area contributed by atoms with Gasteiger partial charge in [-0.2, -0.15) is 5.10 Å². The Balaban J connectivity index is 1.93. The molecule has 8 heteroatoms. The third-order valence-corrected chi connectivity index (χ3v) is 4.75. The van der Waals surface area contributed by atoms with Crippen LogP contribution in [0.3, 0.4) is 0 Å². The van der Waals surface area contributed by atoms with E-state index in [1.54, 1.807) is 23.9 Å². The summed E-state index contributed by atoms with van der Waals surface area (Å²) < 4.78 is 13.1. The van der Waals surface area contributed by atoms with Crippen molar-refractivity contribution in [3.63, 3.8) is 0 Å². The number of oxazole rings is 1. The second-order valence-electron chi connectivity index (χ2n) is 6.79. The molecule has 2 N–H and O–H groups in total. The number of nitrogens with two attached hydrogens (primary N) is 1. The third-order valence-electron chi connectivity index (χ3n) is 4.75. The molecule has 0 aliphatic carbocycles. The number of allylic oxidation sites excluding steroid dienone is 1. The monoisotopic (exact) mass is 402 g/mol. The Morgan fingerprint density at radius 2 is 2.00 bits per heavy atom. The number of methoxy groups -OCH3 is 1. The molecule has 8 nitrogen and oxygen atoms in total. The fourth-order valence-corrected chi connectivity index (χ4v) is 3.41. The summed E-state index contributed by atoms with van der Waals surface area (Å²) in [5.74, 6) is 1.35. The van der Waals surface area contributed by atoms with Crippen molar-refractivity contribution in [2.45, 2.75) is 20.8 Å². The highest BCUT2D eigenvalue weighted by Crippen LogP contribution is 2.38. The lowest BCUT2D eigenvalue weighted by molar-refractivity contribution is 0.416. The summed E-state index contributed by atoms with van der Waals surface area (Å²) in [6.07, 6.45) is 6.16. The van der Waals surface area contributed by atoms with E-state index >= 15 is 0 Å². The maximum atomic E-state index is 5.66. The smallest absolute Gasteiger partial charge is 0.181 e. The van der Waals surface area contributed by atoms with Crippen molar-refractivity contribution in [3.05, 3.63) is 60.0 Å². The van der Waals surface area contributed by atoms with Crippen LogP contribution in [0.25, 0.3) is 28.2 Å². The molecular weight excluding hydrogens is 380 g/mol. The zero-order chi connectivity index (χ0) is 21.3. The second kappa shape index (κ2) is 7.82. The van der Waals surface area contributed by atoms with E-state index in [0.717, 1.165) is 45.2 Å². The fourth-order valence-electron chi connectivity index (χ4n) is 3.41. The first-order valence-electron chi connectivity index (χ1n) is 9.40. The van der Waals surface area contributed by atoms with Crippen LogP contribution in [0.2, 0.25) is 0 Å². The van der Waals surface area contributed by atoms with E-state index in [0.29, 0.717) is 11.5 Å². The molecule has 0 fully saturated rings. The summed E-state index contributed by atoms with van der Waals surface area (Å²) in [6.45, 7) is 5.80. The molecular formula is C22H22N6O2. The lowest BCUT2D eigenvalue weighted by atomic mass is 10.0. The summed E-state index contributed by atoms with van der Waals surface area (Å²) in [5.41, 5.74) is 11.9. The topological polar surface area (TPSA) is 104 Å². The Morgan fingerprint density at radius 1 is 1.17 bits per heavy atom. The first kappa shape index (κ1) is 19.4. The van der Waals surface area contributed by atoms with Gasteiger partial charge in [-0.05, 0) is 51.2 Å². The van der Waals surface area contributed by atoms with Gasteiger partial charge in [0.25, 0.3) is 0 Å². The van der Waals surface area contributed by atoms with Gasteiger partial charge in [-0.1, -0.05) is 0 Å². The summed E-state index contributed by atoms with van der Waals surface area (Å²) >= 11 is 0. The number of benzene rings is 1. The molecule has 0 aliphatic heterocycles. The van der Waals surface area contributed by atoms with Crippen molar-refractivity contribution >= 4 is 17.5 Å². The van der Waals surface area contributed by atoms with Crippen LogP contribution in [0.1, 0.15) is 17.1 Å². The number of aromatic nitrogens is 4. The Labute approximate surface area is 173 Å². The van der Waals surface area contributed by atoms with Gasteiger partial charge < -0.3 is 14.9 Å². The van der Waals surface area contributed by atoms with E-state index in [1.807, 2.05) is 45.0 Å². The molecule has 0 saturated carbocycles. The summed E-state index contributed by atoms with van der Waals surface area (Å²) in [6, 6.07) is 7.69. The maximum absolute atomic E-state index is 5.66. The van der Waals surface area contributed by atoms with Crippen LogP contribution in [0.4, 0.5) is 5.69 Å². The predicted molar refractivity (Wildman–Crippen MR) is 116 cm³/mol. The fraction of sp³-hybridized carbons (Fsp3) is 0.182. The van der Waals surface area contributed by atoms with Crippen molar-refractivity contribution in [1.29, 1.82) is 0 Å². The van der Waals surface area contributed by atoms with Crippen molar-refractivity contribution in [1.82, 2.24) is 19.6 Å². The molecule has 4 rings (SSSR count). The highest BCUT2D eigenvalue weighted by atomic mass is 16.5. The minimum Gasteiger partial charge on any atom is -0.496 e. The lowest BCUT2D eigenvalue weighted by Crippen LogP contribution is -1.99. The van der Waals surface area contributed by atoms with Crippen molar-refractivity contribution in [2.24, 2.45) is 10.7 Å². The van der Waals surface area contributed by atoms with Crippen molar-refractivity contribution < 1.29 is 9.15 Å². The summed E-state index contributed by atoms with van der Waals surface area (Å²) in [5, 5.41) is 4.74. The molecule has 0 unspecified atom stereocenters. The van der Waals surface area contributed by atoms with Gasteiger partial charge in [0.05, 0.1) is 29.7 Å². The number of hydrogen-bond acceptors (Lipinski definition) is 7. The molecule has 0 bridgehead atoms. The standard InChI is InChI=1S/C22H22N6O2/c1-13-10-18(21-15(3)25-12-30-21)28-22(26-13)20(14(2)27-28)17-7-6-16(11-19(17)29-4)24-9-5-8-23/h5-12H,23H2,1-4H3. The number of rotatable bonds is 5. The molecule has 0 spiro atoms. The number of aryl methyl sites for hydroxylation is 3. The van der Waals surface area contributed by atoms with Gasteiger partial charge in [0, 0.05) is 23.5 Å². The molecule has 0 amide bonds. The molecule has 3 aromatic heterocycles. The zero-order valence-electron chi connectivity index (χ0n) is 17.2. The lowest BCUT2D eigenvalue weighted by Gasteiger charge is -2.10. The SMILES string of the molecule is COc1cc(N=CC=CN)ccc1-c1c(C)nn2c(-c3ocnc3C)cc(C)nc12. The molecule has 30 heavy (non-hydrogen) atoms. The highest BCUT2D eigenvalue weighted by molar-refractivity contribution is 5.86. The molecule has 4 aromatic rings. The molecule has 0 radical (unpaired) electrons. The number of fused-ring (bicyclic) bond motifs is 1. The van der Waals surface area contributed by atoms with E-state index < -0.39 is 0 Å². The quantitative estimate of drug-likeness (QED) is 0.503. The third kappa shape index (κ3) is 3.32. The van der Waals surface area contributed by atoms with Gasteiger partial charge in [-0.15, -0.1) is 0 Å². The van der Waals surface area contributed by atoms with Crippen LogP contribution in [-0.2, 0) is 0 Å². The average Bonchev–Trinajstić information content (AvgIpc) is 3.30. The molecule has 0 saturated heterocycles. The van der Waals surface area contributed by atoms with Gasteiger partial charge >= 0.3 is 0 Å². The number of aliphatic imine (C=N–C) groups is 1. The van der Waals surface area contributed by atoms with E-state index in [4.69, 9.17) is 25.0 Å². The van der Waals surface area contributed by atoms with E-state index in [-0.39, 0.29) is 0 Å². The Kier molecular flexibility index (Phi) is 5.05. The summed E-state index contributed by atoms with van der Waals surface area (Å²) in [4.78, 5) is 13.3. The first-order chi connectivity index (χ1) is 14.5.